The second-order valence-electron chi connectivity index (χ2n) is 10.6. The Morgan fingerprint density at radius 3 is 2.58 bits per heavy atom. The third-order valence-electron chi connectivity index (χ3n) is 7.97. The van der Waals surface area contributed by atoms with Crippen molar-refractivity contribution in [3.8, 4) is 17.2 Å². The van der Waals surface area contributed by atoms with E-state index in [-0.39, 0.29) is 17.2 Å². The number of likely N-dealkylation sites (tertiary alicyclic amines) is 1. The number of ether oxygens (including phenoxy) is 3. The van der Waals surface area contributed by atoms with Gasteiger partial charge in [0.1, 0.15) is 25.6 Å². The number of amides is 2. The summed E-state index contributed by atoms with van der Waals surface area (Å²) in [7, 11) is 0. The van der Waals surface area contributed by atoms with E-state index < -0.39 is 0 Å². The average molecular weight is 522 g/mol. The fourth-order valence-corrected chi connectivity index (χ4v) is 5.72. The van der Waals surface area contributed by atoms with Crippen LogP contribution >= 0.6 is 0 Å². The molecule has 8 nitrogen and oxygen atoms in total. The second kappa shape index (κ2) is 12.5. The van der Waals surface area contributed by atoms with Gasteiger partial charge in [0.05, 0.1) is 18.5 Å². The van der Waals surface area contributed by atoms with Crippen LogP contribution < -0.4 is 24.8 Å². The van der Waals surface area contributed by atoms with Gasteiger partial charge < -0.3 is 24.8 Å². The molecule has 3 heterocycles. The molecular weight excluding hydrogens is 482 g/mol. The molecule has 1 fully saturated rings. The van der Waals surface area contributed by atoms with Crippen LogP contribution in [0.3, 0.4) is 0 Å². The first kappa shape index (κ1) is 26.4. The molecule has 204 valence electrons. The van der Waals surface area contributed by atoms with Crippen LogP contribution in [-0.2, 0) is 22.4 Å². The zero-order valence-corrected chi connectivity index (χ0v) is 22.1. The maximum absolute atomic E-state index is 13.3. The number of fused-ring (bicyclic) bond motifs is 2. The predicted molar refractivity (Wildman–Crippen MR) is 145 cm³/mol. The number of benzene rings is 2. The van der Waals surface area contributed by atoms with Gasteiger partial charge in [0.15, 0.2) is 11.5 Å². The molecule has 0 aliphatic carbocycles. The van der Waals surface area contributed by atoms with Crippen LogP contribution in [0.2, 0.25) is 0 Å². The molecule has 0 unspecified atom stereocenters. The minimum atomic E-state index is -0.357. The molecule has 1 saturated heterocycles. The van der Waals surface area contributed by atoms with Crippen LogP contribution in [0.4, 0.5) is 0 Å². The Labute approximate surface area is 225 Å². The number of hydrogen-bond acceptors (Lipinski definition) is 6. The van der Waals surface area contributed by atoms with Gasteiger partial charge in [-0.15, -0.1) is 0 Å². The number of rotatable bonds is 5. The molecule has 0 aromatic heterocycles. The molecule has 3 aliphatic heterocycles. The summed E-state index contributed by atoms with van der Waals surface area (Å²) in [4.78, 5) is 28.1. The van der Waals surface area contributed by atoms with Crippen molar-refractivity contribution < 1.29 is 23.8 Å². The van der Waals surface area contributed by atoms with Crippen LogP contribution in [0, 0.1) is 5.41 Å². The molecule has 0 bridgehead atoms. The van der Waals surface area contributed by atoms with Gasteiger partial charge in [0.2, 0.25) is 11.8 Å². The molecule has 1 spiro atoms. The zero-order chi connectivity index (χ0) is 26.2. The van der Waals surface area contributed by atoms with Gasteiger partial charge in [-0.1, -0.05) is 30.7 Å². The molecule has 0 radical (unpaired) electrons. The third-order valence-corrected chi connectivity index (χ3v) is 7.97. The van der Waals surface area contributed by atoms with Gasteiger partial charge in [-0.25, -0.2) is 0 Å². The summed E-state index contributed by atoms with van der Waals surface area (Å²) in [6.07, 6.45) is 6.18. The van der Waals surface area contributed by atoms with Crippen molar-refractivity contribution in [1.29, 1.82) is 0 Å². The number of nitrogens with zero attached hydrogens (tertiary/aromatic N) is 1. The van der Waals surface area contributed by atoms with E-state index in [1.54, 1.807) is 0 Å². The van der Waals surface area contributed by atoms with E-state index in [1.165, 1.54) is 5.56 Å². The van der Waals surface area contributed by atoms with Gasteiger partial charge in [0.25, 0.3) is 0 Å². The largest absolute Gasteiger partial charge is 0.491 e. The van der Waals surface area contributed by atoms with Crippen LogP contribution in [-0.4, -0.2) is 69.3 Å². The zero-order valence-electron chi connectivity index (χ0n) is 22.1. The normalized spacial score (nSPS) is 19.7. The highest BCUT2D eigenvalue weighted by atomic mass is 16.6. The molecule has 0 saturated carbocycles. The Bertz CT molecular complexity index is 1110. The number of hydrogen-bond donors (Lipinski definition) is 2. The summed E-state index contributed by atoms with van der Waals surface area (Å²) in [6, 6.07) is 14.1. The Balaban J connectivity index is 1.07. The lowest BCUT2D eigenvalue weighted by atomic mass is 9.73. The number of carbonyl (C=O) groups is 2. The van der Waals surface area contributed by atoms with Crippen molar-refractivity contribution >= 4 is 11.8 Å². The molecule has 3 aliphatic rings. The molecule has 0 atom stereocenters. The fourth-order valence-electron chi connectivity index (χ4n) is 5.72. The number of piperidine rings is 1. The Morgan fingerprint density at radius 2 is 1.71 bits per heavy atom. The van der Waals surface area contributed by atoms with Crippen LogP contribution in [0.1, 0.15) is 43.2 Å². The van der Waals surface area contributed by atoms with Gasteiger partial charge >= 0.3 is 0 Å². The van der Waals surface area contributed by atoms with Crippen LogP contribution in [0.5, 0.6) is 17.2 Å². The number of aryl methyl sites for hydroxylation is 1. The lowest BCUT2D eigenvalue weighted by molar-refractivity contribution is -0.135. The van der Waals surface area contributed by atoms with E-state index in [0.29, 0.717) is 39.5 Å². The Hall–Kier alpha value is -3.26. The van der Waals surface area contributed by atoms with Crippen molar-refractivity contribution in [2.45, 2.75) is 44.9 Å². The standard InChI is InChI=1S/C30H39N3O5/c34-28(31-14-10-23-8-9-26-27(21-23)38-20-19-37-26)22-33-16-12-30(13-17-33)11-4-3-6-24-5-1-2-7-25(24)36-18-15-32-29(30)35/h1-2,5,7-9,21H,3-4,6,10-20,22H2,(H,31,34)(H,32,35). The SMILES string of the molecule is O=C(CN1CCC2(CCCCc3ccccc3OCCNC2=O)CC1)NCCc1ccc2c(c1)OCCO2. The van der Waals surface area contributed by atoms with Gasteiger partial charge in [-0.3, -0.25) is 14.5 Å². The van der Waals surface area contributed by atoms with Crippen LogP contribution in [0.15, 0.2) is 42.5 Å². The smallest absolute Gasteiger partial charge is 0.234 e. The molecule has 2 amide bonds. The average Bonchev–Trinajstić information content (AvgIpc) is 2.94. The molecule has 38 heavy (non-hydrogen) atoms. The number of nitrogens with one attached hydrogen (secondary N) is 2. The summed E-state index contributed by atoms with van der Waals surface area (Å²) < 4.78 is 17.2. The topological polar surface area (TPSA) is 89.1 Å². The summed E-state index contributed by atoms with van der Waals surface area (Å²) in [5.41, 5.74) is 1.99. The maximum Gasteiger partial charge on any atom is 0.234 e. The van der Waals surface area contributed by atoms with Gasteiger partial charge in [0, 0.05) is 6.54 Å². The fraction of sp³-hybridized carbons (Fsp3) is 0.533. The van der Waals surface area contributed by atoms with E-state index in [2.05, 4.69) is 27.7 Å². The Kier molecular flexibility index (Phi) is 8.68. The van der Waals surface area contributed by atoms with E-state index in [9.17, 15) is 9.59 Å². The quantitative estimate of drug-likeness (QED) is 0.629. The molecule has 2 N–H and O–H groups in total. The van der Waals surface area contributed by atoms with Crippen molar-refractivity contribution in [3.05, 3.63) is 53.6 Å². The predicted octanol–water partition coefficient (Wildman–Crippen LogP) is 3.12. The first-order valence-corrected chi connectivity index (χ1v) is 14.0. The first-order chi connectivity index (χ1) is 18.6. The van der Waals surface area contributed by atoms with Crippen LogP contribution in [0.25, 0.3) is 0 Å². The summed E-state index contributed by atoms with van der Waals surface area (Å²) in [6.45, 7) is 4.56. The van der Waals surface area contributed by atoms with Crippen molar-refractivity contribution in [1.82, 2.24) is 15.5 Å². The minimum absolute atomic E-state index is 0.0254. The second-order valence-corrected chi connectivity index (χ2v) is 10.6. The minimum Gasteiger partial charge on any atom is -0.491 e. The first-order valence-electron chi connectivity index (χ1n) is 14.0. The highest BCUT2D eigenvalue weighted by Crippen LogP contribution is 2.37. The summed E-state index contributed by atoms with van der Waals surface area (Å²) >= 11 is 0. The molecule has 2 aromatic rings. The number of para-hydroxylation sites is 1. The van der Waals surface area contributed by atoms with E-state index >= 15 is 0 Å². The lowest BCUT2D eigenvalue weighted by Gasteiger charge is -2.40. The van der Waals surface area contributed by atoms with Crippen molar-refractivity contribution in [2.24, 2.45) is 5.41 Å². The number of carbonyl (C=O) groups excluding carboxylic acids is 2. The third kappa shape index (κ3) is 6.59. The van der Waals surface area contributed by atoms with Crippen molar-refractivity contribution in [3.63, 3.8) is 0 Å². The molecular formula is C30H39N3O5. The highest BCUT2D eigenvalue weighted by Gasteiger charge is 2.40. The van der Waals surface area contributed by atoms with Crippen molar-refractivity contribution in [2.75, 3.05) is 52.5 Å². The molecule has 5 rings (SSSR count). The van der Waals surface area contributed by atoms with E-state index in [4.69, 9.17) is 14.2 Å². The van der Waals surface area contributed by atoms with Gasteiger partial charge in [-0.2, -0.15) is 0 Å². The lowest BCUT2D eigenvalue weighted by Crippen LogP contribution is -2.51. The van der Waals surface area contributed by atoms with E-state index in [0.717, 1.165) is 80.8 Å². The molecule has 8 heteroatoms. The Morgan fingerprint density at radius 1 is 0.921 bits per heavy atom. The summed E-state index contributed by atoms with van der Waals surface area (Å²) in [5.74, 6) is 2.64. The maximum atomic E-state index is 13.3. The molecule has 2 aromatic carbocycles. The summed E-state index contributed by atoms with van der Waals surface area (Å²) in [5, 5.41) is 6.18. The van der Waals surface area contributed by atoms with E-state index in [1.807, 2.05) is 30.3 Å². The monoisotopic (exact) mass is 521 g/mol. The van der Waals surface area contributed by atoms with Gasteiger partial charge in [-0.05, 0) is 80.9 Å². The highest BCUT2D eigenvalue weighted by molar-refractivity contribution is 5.83.